The molecule has 21 heavy (non-hydrogen) atoms. The summed E-state index contributed by atoms with van der Waals surface area (Å²) in [5.74, 6) is 0. The number of nitrogens with two attached hydrogens (primary N) is 1. The predicted octanol–water partition coefficient (Wildman–Crippen LogP) is 3.06. The predicted molar refractivity (Wildman–Crippen MR) is 88.9 cm³/mol. The van der Waals surface area contributed by atoms with Crippen LogP contribution in [-0.2, 0) is 16.4 Å². The van der Waals surface area contributed by atoms with Crippen molar-refractivity contribution in [2.45, 2.75) is 18.2 Å². The monoisotopic (exact) mass is 368 g/mol. The van der Waals surface area contributed by atoms with Crippen molar-refractivity contribution in [2.75, 3.05) is 11.3 Å². The Balaban J connectivity index is 2.23. The summed E-state index contributed by atoms with van der Waals surface area (Å²) in [5.41, 5.74) is 8.07. The topological polar surface area (TPSA) is 72.2 Å². The number of aryl methyl sites for hydroxylation is 1. The first-order chi connectivity index (χ1) is 9.92. The van der Waals surface area contributed by atoms with Crippen LogP contribution in [0.5, 0.6) is 0 Å². The molecule has 6 heteroatoms. The van der Waals surface area contributed by atoms with Crippen molar-refractivity contribution < 1.29 is 8.42 Å². The van der Waals surface area contributed by atoms with Gasteiger partial charge in [-0.15, -0.1) is 0 Å². The van der Waals surface area contributed by atoms with E-state index >= 15 is 0 Å². The molecule has 0 fully saturated rings. The van der Waals surface area contributed by atoms with Crippen LogP contribution in [0.2, 0.25) is 0 Å². The van der Waals surface area contributed by atoms with Crippen LogP contribution in [0.3, 0.4) is 0 Å². The van der Waals surface area contributed by atoms with Gasteiger partial charge in [0.05, 0.1) is 4.90 Å². The normalized spacial score (nSPS) is 11.4. The Bertz CT molecular complexity index is 728. The van der Waals surface area contributed by atoms with Gasteiger partial charge < -0.3 is 5.73 Å². The van der Waals surface area contributed by atoms with Crippen molar-refractivity contribution >= 4 is 31.6 Å². The lowest BCUT2D eigenvalue weighted by Gasteiger charge is -2.10. The van der Waals surface area contributed by atoms with Crippen LogP contribution in [0.1, 0.15) is 11.1 Å². The molecule has 0 radical (unpaired) electrons. The molecule has 0 saturated heterocycles. The Morgan fingerprint density at radius 1 is 1.14 bits per heavy atom. The standard InChI is InChI=1S/C15H17BrN2O2S/c1-11-2-5-13(10-15(11)16)18-21(19,20)14-6-3-12(4-7-14)8-9-17/h2-7,10,18H,8-9,17H2,1H3. The second kappa shape index (κ2) is 6.60. The second-order valence-corrected chi connectivity index (χ2v) is 7.29. The molecule has 0 amide bonds. The number of hydrogen-bond donors (Lipinski definition) is 2. The van der Waals surface area contributed by atoms with Gasteiger partial charge in [0.1, 0.15) is 0 Å². The Morgan fingerprint density at radius 3 is 2.38 bits per heavy atom. The Kier molecular flexibility index (Phi) is 5.03. The Labute approximate surface area is 133 Å². The number of sulfonamides is 1. The van der Waals surface area contributed by atoms with E-state index in [0.29, 0.717) is 12.2 Å². The number of benzene rings is 2. The fraction of sp³-hybridized carbons (Fsp3) is 0.200. The zero-order valence-electron chi connectivity index (χ0n) is 11.6. The molecule has 3 N–H and O–H groups in total. The molecule has 0 heterocycles. The number of nitrogens with one attached hydrogen (secondary N) is 1. The summed E-state index contributed by atoms with van der Waals surface area (Å²) in [7, 11) is -3.58. The third-order valence-electron chi connectivity index (χ3n) is 3.09. The second-order valence-electron chi connectivity index (χ2n) is 4.75. The van der Waals surface area contributed by atoms with Gasteiger partial charge in [0.2, 0.25) is 0 Å². The van der Waals surface area contributed by atoms with E-state index in [2.05, 4.69) is 20.7 Å². The van der Waals surface area contributed by atoms with Gasteiger partial charge in [-0.25, -0.2) is 8.42 Å². The first kappa shape index (κ1) is 16.0. The van der Waals surface area contributed by atoms with Crippen LogP contribution in [0, 0.1) is 6.92 Å². The van der Waals surface area contributed by atoms with Crippen molar-refractivity contribution in [3.63, 3.8) is 0 Å². The third-order valence-corrected chi connectivity index (χ3v) is 5.34. The fourth-order valence-electron chi connectivity index (χ4n) is 1.87. The SMILES string of the molecule is Cc1ccc(NS(=O)(=O)c2ccc(CCN)cc2)cc1Br. The molecular weight excluding hydrogens is 352 g/mol. The van der Waals surface area contributed by atoms with E-state index in [9.17, 15) is 8.42 Å². The van der Waals surface area contributed by atoms with Gasteiger partial charge in [-0.3, -0.25) is 4.72 Å². The number of rotatable bonds is 5. The number of hydrogen-bond acceptors (Lipinski definition) is 3. The largest absolute Gasteiger partial charge is 0.330 e. The van der Waals surface area contributed by atoms with Crippen LogP contribution in [0.4, 0.5) is 5.69 Å². The summed E-state index contributed by atoms with van der Waals surface area (Å²) < 4.78 is 28.1. The van der Waals surface area contributed by atoms with Gasteiger partial charge in [-0.2, -0.15) is 0 Å². The van der Waals surface area contributed by atoms with E-state index < -0.39 is 10.0 Å². The van der Waals surface area contributed by atoms with E-state index in [-0.39, 0.29) is 4.90 Å². The molecule has 0 aromatic heterocycles. The first-order valence-corrected chi connectivity index (χ1v) is 8.78. The van der Waals surface area contributed by atoms with Crippen LogP contribution in [0.15, 0.2) is 51.8 Å². The zero-order valence-corrected chi connectivity index (χ0v) is 14.0. The molecule has 0 aliphatic carbocycles. The van der Waals surface area contributed by atoms with E-state index in [1.54, 1.807) is 36.4 Å². The molecule has 0 atom stereocenters. The maximum Gasteiger partial charge on any atom is 0.261 e. The highest BCUT2D eigenvalue weighted by molar-refractivity contribution is 9.10. The highest BCUT2D eigenvalue weighted by atomic mass is 79.9. The van der Waals surface area contributed by atoms with Crippen molar-refractivity contribution in [2.24, 2.45) is 5.73 Å². The first-order valence-electron chi connectivity index (χ1n) is 6.50. The summed E-state index contributed by atoms with van der Waals surface area (Å²) in [4.78, 5) is 0.236. The average Bonchev–Trinajstić information content (AvgIpc) is 2.44. The zero-order chi connectivity index (χ0) is 15.5. The van der Waals surface area contributed by atoms with Crippen molar-refractivity contribution in [1.82, 2.24) is 0 Å². The summed E-state index contributed by atoms with van der Waals surface area (Å²) in [6, 6.07) is 12.1. The number of anilines is 1. The number of halogens is 1. The highest BCUT2D eigenvalue weighted by Gasteiger charge is 2.14. The lowest BCUT2D eigenvalue weighted by atomic mass is 10.2. The molecule has 2 aromatic rings. The molecule has 4 nitrogen and oxygen atoms in total. The maximum absolute atomic E-state index is 12.3. The van der Waals surface area contributed by atoms with Gasteiger partial charge in [-0.1, -0.05) is 34.1 Å². The smallest absolute Gasteiger partial charge is 0.261 e. The van der Waals surface area contributed by atoms with E-state index in [0.717, 1.165) is 22.0 Å². The minimum atomic E-state index is -3.58. The van der Waals surface area contributed by atoms with E-state index in [1.807, 2.05) is 13.0 Å². The van der Waals surface area contributed by atoms with Crippen molar-refractivity contribution in [3.8, 4) is 0 Å². The third kappa shape index (κ3) is 4.06. The van der Waals surface area contributed by atoms with Crippen LogP contribution < -0.4 is 10.5 Å². The van der Waals surface area contributed by atoms with Crippen molar-refractivity contribution in [1.29, 1.82) is 0 Å². The Hall–Kier alpha value is -1.37. The molecule has 0 spiro atoms. The minimum absolute atomic E-state index is 0.236. The molecule has 0 aliphatic rings. The van der Waals surface area contributed by atoms with Crippen LogP contribution in [0.25, 0.3) is 0 Å². The van der Waals surface area contributed by atoms with Gasteiger partial charge >= 0.3 is 0 Å². The lowest BCUT2D eigenvalue weighted by molar-refractivity contribution is 0.601. The summed E-state index contributed by atoms with van der Waals surface area (Å²) >= 11 is 3.39. The molecule has 0 saturated carbocycles. The summed E-state index contributed by atoms with van der Waals surface area (Å²) in [5, 5.41) is 0. The lowest BCUT2D eigenvalue weighted by Crippen LogP contribution is -2.13. The van der Waals surface area contributed by atoms with E-state index in [4.69, 9.17) is 5.73 Å². The van der Waals surface area contributed by atoms with Gasteiger partial charge in [0.15, 0.2) is 0 Å². The maximum atomic E-state index is 12.3. The van der Waals surface area contributed by atoms with Crippen LogP contribution >= 0.6 is 15.9 Å². The molecule has 0 unspecified atom stereocenters. The average molecular weight is 369 g/mol. The molecular formula is C15H17BrN2O2S. The van der Waals surface area contributed by atoms with Gasteiger partial charge in [0, 0.05) is 10.2 Å². The summed E-state index contributed by atoms with van der Waals surface area (Å²) in [6.07, 6.45) is 0.735. The molecule has 2 aromatic carbocycles. The highest BCUT2D eigenvalue weighted by Crippen LogP contribution is 2.23. The molecule has 112 valence electrons. The summed E-state index contributed by atoms with van der Waals surface area (Å²) in [6.45, 7) is 2.49. The minimum Gasteiger partial charge on any atom is -0.330 e. The molecule has 0 bridgehead atoms. The fourth-order valence-corrected chi connectivity index (χ4v) is 3.30. The van der Waals surface area contributed by atoms with Crippen LogP contribution in [-0.4, -0.2) is 15.0 Å². The van der Waals surface area contributed by atoms with Crippen molar-refractivity contribution in [3.05, 3.63) is 58.1 Å². The van der Waals surface area contributed by atoms with Gasteiger partial charge in [-0.05, 0) is 55.3 Å². The van der Waals surface area contributed by atoms with E-state index in [1.165, 1.54) is 0 Å². The molecule has 2 rings (SSSR count). The van der Waals surface area contributed by atoms with Gasteiger partial charge in [0.25, 0.3) is 10.0 Å². The molecule has 0 aliphatic heterocycles. The quantitative estimate of drug-likeness (QED) is 0.851. The Morgan fingerprint density at radius 2 is 1.81 bits per heavy atom.